The summed E-state index contributed by atoms with van der Waals surface area (Å²) < 4.78 is 8.15. The topological polar surface area (TPSA) is 42.3 Å². The van der Waals surface area contributed by atoms with E-state index < -0.39 is 0 Å². The van der Waals surface area contributed by atoms with Gasteiger partial charge in [-0.05, 0) is 80.9 Å². The molecule has 3 aromatic rings. The molecule has 0 aliphatic carbocycles. The summed E-state index contributed by atoms with van der Waals surface area (Å²) in [5.41, 5.74) is 5.29. The summed E-state index contributed by atoms with van der Waals surface area (Å²) in [5.74, 6) is 0. The Balaban J connectivity index is 1.60. The van der Waals surface area contributed by atoms with Crippen LogP contribution in [0.2, 0.25) is 10.0 Å². The van der Waals surface area contributed by atoms with E-state index in [1.807, 2.05) is 30.5 Å². The van der Waals surface area contributed by atoms with Gasteiger partial charge in [-0.15, -0.1) is 0 Å². The number of thiocarbonyl (C=S) groups is 1. The van der Waals surface area contributed by atoms with E-state index in [0.717, 1.165) is 53.9 Å². The van der Waals surface area contributed by atoms with E-state index in [1.165, 1.54) is 5.56 Å². The largest absolute Gasteiger partial charge is 0.376 e. The lowest BCUT2D eigenvalue weighted by Gasteiger charge is -2.30. The molecule has 33 heavy (non-hydrogen) atoms. The lowest BCUT2D eigenvalue weighted by molar-refractivity contribution is 0.0842. The Morgan fingerprint density at radius 2 is 2.03 bits per heavy atom. The van der Waals surface area contributed by atoms with Crippen LogP contribution >= 0.6 is 35.4 Å². The quantitative estimate of drug-likeness (QED) is 0.438. The second-order valence-electron chi connectivity index (χ2n) is 8.67. The molecule has 5 rings (SSSR count). The molecule has 1 aromatic carbocycles. The van der Waals surface area contributed by atoms with Crippen molar-refractivity contribution >= 4 is 40.5 Å². The molecule has 2 aromatic heterocycles. The average Bonchev–Trinajstić information content (AvgIpc) is 3.49. The molecule has 4 heterocycles. The Kier molecular flexibility index (Phi) is 6.36. The van der Waals surface area contributed by atoms with Crippen molar-refractivity contribution in [2.75, 3.05) is 13.2 Å². The zero-order valence-corrected chi connectivity index (χ0v) is 20.9. The molecule has 172 valence electrons. The zero-order chi connectivity index (χ0) is 23.1. The van der Waals surface area contributed by atoms with Gasteiger partial charge in [0.15, 0.2) is 5.11 Å². The van der Waals surface area contributed by atoms with E-state index in [1.54, 1.807) is 6.07 Å². The van der Waals surface area contributed by atoms with Gasteiger partial charge in [0.25, 0.3) is 0 Å². The summed E-state index contributed by atoms with van der Waals surface area (Å²) in [4.78, 5) is 6.93. The van der Waals surface area contributed by atoms with Crippen LogP contribution in [0.4, 0.5) is 0 Å². The fraction of sp³-hybridized carbons (Fsp3) is 0.360. The van der Waals surface area contributed by atoms with Gasteiger partial charge in [0.2, 0.25) is 0 Å². The summed E-state index contributed by atoms with van der Waals surface area (Å²) in [6.07, 6.45) is 4.16. The van der Waals surface area contributed by atoms with Crippen molar-refractivity contribution in [1.29, 1.82) is 0 Å². The first kappa shape index (κ1) is 22.7. The minimum atomic E-state index is -0.0604. The standard InChI is InChI=1S/C25H26Cl2N4OS/c1-15-12-19(16(2)31(15)22-9-8-17(26)13-20(22)27)24-23(21-7-3-4-10-28-21)29-25(33)30(24)14-18-6-5-11-32-18/h3-4,7-10,12-13,18,23-24H,5-6,11,14H2,1-2H3,(H,29,33). The van der Waals surface area contributed by atoms with Crippen LogP contribution in [-0.4, -0.2) is 38.8 Å². The molecule has 2 fully saturated rings. The Bertz CT molecular complexity index is 1180. The van der Waals surface area contributed by atoms with Crippen LogP contribution in [-0.2, 0) is 4.74 Å². The van der Waals surface area contributed by atoms with Gasteiger partial charge in [0.1, 0.15) is 0 Å². The van der Waals surface area contributed by atoms with Crippen molar-refractivity contribution in [3.05, 3.63) is 81.4 Å². The van der Waals surface area contributed by atoms with Gasteiger partial charge >= 0.3 is 0 Å². The molecule has 5 nitrogen and oxygen atoms in total. The Hall–Kier alpha value is -2.12. The van der Waals surface area contributed by atoms with Crippen LogP contribution < -0.4 is 5.32 Å². The van der Waals surface area contributed by atoms with Crippen LogP contribution in [0.15, 0.2) is 48.7 Å². The molecule has 8 heteroatoms. The highest BCUT2D eigenvalue weighted by Crippen LogP contribution is 2.42. The molecule has 3 atom stereocenters. The highest BCUT2D eigenvalue weighted by Gasteiger charge is 2.42. The van der Waals surface area contributed by atoms with Crippen LogP contribution in [0.5, 0.6) is 0 Å². The SMILES string of the molecule is Cc1cc(C2C(c3ccccn3)NC(=S)N2CC2CCCO2)c(C)n1-c1ccc(Cl)cc1Cl. The van der Waals surface area contributed by atoms with E-state index in [4.69, 9.17) is 40.2 Å². The minimum Gasteiger partial charge on any atom is -0.376 e. The molecule has 0 spiro atoms. The molecular weight excluding hydrogens is 475 g/mol. The minimum absolute atomic E-state index is 0.0115. The molecule has 0 amide bonds. The first-order valence-electron chi connectivity index (χ1n) is 11.2. The fourth-order valence-corrected chi connectivity index (χ4v) is 5.88. The molecule has 0 radical (unpaired) electrons. The van der Waals surface area contributed by atoms with Gasteiger partial charge in [0, 0.05) is 35.8 Å². The number of ether oxygens (including phenoxy) is 1. The molecular formula is C25H26Cl2N4OS. The second kappa shape index (κ2) is 9.26. The molecule has 2 aliphatic rings. The lowest BCUT2D eigenvalue weighted by Crippen LogP contribution is -2.36. The number of hydrogen-bond donors (Lipinski definition) is 1. The molecule has 2 saturated heterocycles. The van der Waals surface area contributed by atoms with Gasteiger partial charge in [-0.3, -0.25) is 4.98 Å². The maximum atomic E-state index is 6.59. The molecule has 0 bridgehead atoms. The van der Waals surface area contributed by atoms with Crippen molar-refractivity contribution in [3.8, 4) is 5.69 Å². The first-order valence-corrected chi connectivity index (χ1v) is 12.3. The average molecular weight is 501 g/mol. The lowest BCUT2D eigenvalue weighted by atomic mass is 9.96. The zero-order valence-electron chi connectivity index (χ0n) is 18.6. The summed E-state index contributed by atoms with van der Waals surface area (Å²) in [6, 6.07) is 13.8. The third-order valence-corrected chi connectivity index (χ3v) is 7.45. The van der Waals surface area contributed by atoms with Gasteiger partial charge in [-0.25, -0.2) is 0 Å². The number of pyridine rings is 1. The summed E-state index contributed by atoms with van der Waals surface area (Å²) >= 11 is 18.6. The number of benzene rings is 1. The molecule has 2 aliphatic heterocycles. The van der Waals surface area contributed by atoms with E-state index in [-0.39, 0.29) is 18.2 Å². The Morgan fingerprint density at radius 1 is 1.18 bits per heavy atom. The van der Waals surface area contributed by atoms with Crippen LogP contribution in [0.25, 0.3) is 5.69 Å². The smallest absolute Gasteiger partial charge is 0.170 e. The number of aryl methyl sites for hydroxylation is 1. The number of nitrogens with one attached hydrogen (secondary N) is 1. The number of rotatable bonds is 5. The predicted molar refractivity (Wildman–Crippen MR) is 136 cm³/mol. The molecule has 0 saturated carbocycles. The summed E-state index contributed by atoms with van der Waals surface area (Å²) in [5, 5.41) is 5.52. The van der Waals surface area contributed by atoms with E-state index >= 15 is 0 Å². The second-order valence-corrected chi connectivity index (χ2v) is 9.90. The molecule has 3 unspecified atom stereocenters. The number of hydrogen-bond acceptors (Lipinski definition) is 3. The van der Waals surface area contributed by atoms with Crippen molar-refractivity contribution in [2.24, 2.45) is 0 Å². The summed E-state index contributed by atoms with van der Waals surface area (Å²) in [7, 11) is 0. The highest BCUT2D eigenvalue weighted by molar-refractivity contribution is 7.80. The predicted octanol–water partition coefficient (Wildman–Crippen LogP) is 5.95. The van der Waals surface area contributed by atoms with Gasteiger partial charge in [-0.2, -0.15) is 0 Å². The highest BCUT2D eigenvalue weighted by atomic mass is 35.5. The van der Waals surface area contributed by atoms with E-state index in [0.29, 0.717) is 10.0 Å². The number of nitrogens with zero attached hydrogens (tertiary/aromatic N) is 3. The van der Waals surface area contributed by atoms with Crippen LogP contribution in [0, 0.1) is 13.8 Å². The van der Waals surface area contributed by atoms with Gasteiger partial charge in [-0.1, -0.05) is 29.3 Å². The van der Waals surface area contributed by atoms with Crippen molar-refractivity contribution in [3.63, 3.8) is 0 Å². The van der Waals surface area contributed by atoms with Crippen LogP contribution in [0.1, 0.15) is 47.6 Å². The molecule has 1 N–H and O–H groups in total. The van der Waals surface area contributed by atoms with Crippen LogP contribution in [0.3, 0.4) is 0 Å². The van der Waals surface area contributed by atoms with Crippen molar-refractivity contribution in [2.45, 2.75) is 44.9 Å². The van der Waals surface area contributed by atoms with Gasteiger partial charge in [0.05, 0.1) is 34.6 Å². The van der Waals surface area contributed by atoms with E-state index in [9.17, 15) is 0 Å². The maximum absolute atomic E-state index is 6.59. The number of halogens is 2. The Morgan fingerprint density at radius 3 is 2.73 bits per heavy atom. The fourth-order valence-electron chi connectivity index (χ4n) is 5.07. The Labute approximate surface area is 209 Å². The monoisotopic (exact) mass is 500 g/mol. The number of aromatic nitrogens is 2. The van der Waals surface area contributed by atoms with Gasteiger partial charge < -0.3 is 19.5 Å². The third-order valence-electron chi connectivity index (χ3n) is 6.56. The van der Waals surface area contributed by atoms with Crippen molar-refractivity contribution < 1.29 is 4.74 Å². The van der Waals surface area contributed by atoms with Crippen molar-refractivity contribution in [1.82, 2.24) is 19.8 Å². The maximum Gasteiger partial charge on any atom is 0.170 e. The first-order chi connectivity index (χ1) is 15.9. The third kappa shape index (κ3) is 4.26. The van der Waals surface area contributed by atoms with E-state index in [2.05, 4.69) is 45.7 Å². The normalized spacial score (nSPS) is 22.7. The summed E-state index contributed by atoms with van der Waals surface area (Å²) in [6.45, 7) is 5.80.